The van der Waals surface area contributed by atoms with Crippen LogP contribution in [0.25, 0.3) is 0 Å². The van der Waals surface area contributed by atoms with Crippen LogP contribution in [0.1, 0.15) is 27.2 Å². The van der Waals surface area contributed by atoms with Crippen molar-refractivity contribution in [2.75, 3.05) is 59.4 Å². The largest absolute Gasteiger partial charge is 0.379 e. The van der Waals surface area contributed by atoms with Crippen molar-refractivity contribution < 1.29 is 28.5 Å². The number of hydrogen-bond donors (Lipinski definition) is 1. The molecule has 0 aromatic carbocycles. The molecular formula is C16H31NO6. The van der Waals surface area contributed by atoms with E-state index in [-0.39, 0.29) is 17.6 Å². The SMILES string of the molecule is CC(=O)CCOCCOCCOCCOCCNC(=O)C(C)C. The summed E-state index contributed by atoms with van der Waals surface area (Å²) in [5.74, 6) is 0.161. The molecule has 0 unspecified atom stereocenters. The molecule has 0 aliphatic carbocycles. The summed E-state index contributed by atoms with van der Waals surface area (Å²) in [5.41, 5.74) is 0. The molecule has 0 aromatic rings. The lowest BCUT2D eigenvalue weighted by Gasteiger charge is -2.09. The average molecular weight is 333 g/mol. The van der Waals surface area contributed by atoms with Crippen molar-refractivity contribution in [2.24, 2.45) is 5.92 Å². The van der Waals surface area contributed by atoms with Crippen LogP contribution in [0.3, 0.4) is 0 Å². The maximum Gasteiger partial charge on any atom is 0.222 e. The Hall–Kier alpha value is -1.02. The predicted octanol–water partition coefficient (Wildman–Crippen LogP) is 0.804. The van der Waals surface area contributed by atoms with Crippen molar-refractivity contribution in [3.63, 3.8) is 0 Å². The van der Waals surface area contributed by atoms with Gasteiger partial charge < -0.3 is 24.3 Å². The molecule has 0 saturated carbocycles. The maximum absolute atomic E-state index is 11.3. The first kappa shape index (κ1) is 22.0. The molecule has 0 spiro atoms. The second kappa shape index (κ2) is 15.9. The summed E-state index contributed by atoms with van der Waals surface area (Å²) >= 11 is 0. The third kappa shape index (κ3) is 17.2. The molecule has 0 aliphatic rings. The van der Waals surface area contributed by atoms with Crippen LogP contribution in [0.2, 0.25) is 0 Å². The number of ether oxygens (including phenoxy) is 4. The highest BCUT2D eigenvalue weighted by molar-refractivity contribution is 5.77. The average Bonchev–Trinajstić information content (AvgIpc) is 2.50. The molecular weight excluding hydrogens is 302 g/mol. The number of Topliss-reactive ketones (excluding diaryl/α,β-unsaturated/α-hetero) is 1. The number of rotatable bonds is 16. The van der Waals surface area contributed by atoms with Gasteiger partial charge in [-0.3, -0.25) is 9.59 Å². The van der Waals surface area contributed by atoms with Gasteiger partial charge in [-0.1, -0.05) is 13.8 Å². The molecule has 0 aliphatic heterocycles. The van der Waals surface area contributed by atoms with Crippen molar-refractivity contribution in [1.82, 2.24) is 5.32 Å². The van der Waals surface area contributed by atoms with E-state index < -0.39 is 0 Å². The molecule has 1 N–H and O–H groups in total. The molecule has 7 nitrogen and oxygen atoms in total. The molecule has 0 rings (SSSR count). The monoisotopic (exact) mass is 333 g/mol. The van der Waals surface area contributed by atoms with E-state index in [4.69, 9.17) is 18.9 Å². The van der Waals surface area contributed by atoms with E-state index in [0.717, 1.165) is 0 Å². The summed E-state index contributed by atoms with van der Waals surface area (Å²) < 4.78 is 21.2. The summed E-state index contributed by atoms with van der Waals surface area (Å²) in [6, 6.07) is 0. The van der Waals surface area contributed by atoms with E-state index in [9.17, 15) is 9.59 Å². The molecule has 0 fully saturated rings. The molecule has 0 aromatic heterocycles. The fraction of sp³-hybridized carbons (Fsp3) is 0.875. The van der Waals surface area contributed by atoms with Crippen molar-refractivity contribution in [3.05, 3.63) is 0 Å². The Balaban J connectivity index is 3.08. The zero-order chi connectivity index (χ0) is 17.3. The predicted molar refractivity (Wildman–Crippen MR) is 86.4 cm³/mol. The summed E-state index contributed by atoms with van der Waals surface area (Å²) in [6.07, 6.45) is 0.449. The van der Waals surface area contributed by atoms with Crippen LogP contribution in [-0.4, -0.2) is 71.1 Å². The third-order valence-electron chi connectivity index (χ3n) is 2.78. The van der Waals surface area contributed by atoms with E-state index in [1.807, 2.05) is 13.8 Å². The second-order valence-corrected chi connectivity index (χ2v) is 5.35. The van der Waals surface area contributed by atoms with Crippen LogP contribution in [0.15, 0.2) is 0 Å². The number of hydrogen-bond acceptors (Lipinski definition) is 6. The van der Waals surface area contributed by atoms with Gasteiger partial charge in [0.2, 0.25) is 5.91 Å². The highest BCUT2D eigenvalue weighted by Crippen LogP contribution is 1.89. The van der Waals surface area contributed by atoms with Crippen LogP contribution >= 0.6 is 0 Å². The summed E-state index contributed by atoms with van der Waals surface area (Å²) in [4.78, 5) is 21.9. The van der Waals surface area contributed by atoms with Gasteiger partial charge in [-0.05, 0) is 6.92 Å². The Morgan fingerprint density at radius 3 is 1.65 bits per heavy atom. The smallest absolute Gasteiger partial charge is 0.222 e. The molecule has 0 radical (unpaired) electrons. The fourth-order valence-electron chi connectivity index (χ4n) is 1.43. The van der Waals surface area contributed by atoms with Gasteiger partial charge in [-0.25, -0.2) is 0 Å². The maximum atomic E-state index is 11.3. The van der Waals surface area contributed by atoms with Crippen LogP contribution in [0.5, 0.6) is 0 Å². The van der Waals surface area contributed by atoms with Crippen LogP contribution < -0.4 is 5.32 Å². The standard InChI is InChI=1S/C16H31NO6/c1-14(2)16(19)17-5-7-21-9-11-23-13-12-22-10-8-20-6-4-15(3)18/h14H,4-13H2,1-3H3,(H,17,19). The number of ketones is 1. The van der Waals surface area contributed by atoms with E-state index in [0.29, 0.717) is 65.8 Å². The van der Waals surface area contributed by atoms with E-state index >= 15 is 0 Å². The van der Waals surface area contributed by atoms with Crippen molar-refractivity contribution >= 4 is 11.7 Å². The summed E-state index contributed by atoms with van der Waals surface area (Å²) in [7, 11) is 0. The first-order valence-corrected chi connectivity index (χ1v) is 8.12. The quantitative estimate of drug-likeness (QED) is 0.421. The minimum Gasteiger partial charge on any atom is -0.379 e. The van der Waals surface area contributed by atoms with Crippen molar-refractivity contribution in [3.8, 4) is 0 Å². The first-order chi connectivity index (χ1) is 11.0. The Morgan fingerprint density at radius 1 is 0.783 bits per heavy atom. The topological polar surface area (TPSA) is 83.1 Å². The molecule has 136 valence electrons. The van der Waals surface area contributed by atoms with Gasteiger partial charge in [-0.15, -0.1) is 0 Å². The highest BCUT2D eigenvalue weighted by Gasteiger charge is 2.04. The Labute approximate surface area is 139 Å². The number of carbonyl (C=O) groups is 2. The van der Waals surface area contributed by atoms with Gasteiger partial charge in [-0.2, -0.15) is 0 Å². The minimum absolute atomic E-state index is 0.00197. The minimum atomic E-state index is -0.00197. The van der Waals surface area contributed by atoms with Gasteiger partial charge >= 0.3 is 0 Å². The highest BCUT2D eigenvalue weighted by atomic mass is 16.6. The molecule has 0 heterocycles. The van der Waals surface area contributed by atoms with Gasteiger partial charge in [0.25, 0.3) is 0 Å². The lowest BCUT2D eigenvalue weighted by atomic mass is 10.2. The van der Waals surface area contributed by atoms with Gasteiger partial charge in [0.15, 0.2) is 0 Å². The van der Waals surface area contributed by atoms with Gasteiger partial charge in [0.1, 0.15) is 5.78 Å². The second-order valence-electron chi connectivity index (χ2n) is 5.35. The Morgan fingerprint density at radius 2 is 1.22 bits per heavy atom. The molecule has 0 bridgehead atoms. The molecule has 0 saturated heterocycles. The lowest BCUT2D eigenvalue weighted by Crippen LogP contribution is -2.31. The normalized spacial score (nSPS) is 11.0. The number of nitrogens with one attached hydrogen (secondary N) is 1. The van der Waals surface area contributed by atoms with Crippen LogP contribution in [-0.2, 0) is 28.5 Å². The lowest BCUT2D eigenvalue weighted by molar-refractivity contribution is -0.124. The molecule has 1 amide bonds. The zero-order valence-corrected chi connectivity index (χ0v) is 14.6. The summed E-state index contributed by atoms with van der Waals surface area (Å²) in [6.45, 7) is 9.66. The summed E-state index contributed by atoms with van der Waals surface area (Å²) in [5, 5.41) is 2.77. The number of carbonyl (C=O) groups excluding carboxylic acids is 2. The van der Waals surface area contributed by atoms with E-state index in [1.165, 1.54) is 0 Å². The molecule has 0 atom stereocenters. The molecule has 23 heavy (non-hydrogen) atoms. The first-order valence-electron chi connectivity index (χ1n) is 8.12. The Bertz CT molecular complexity index is 309. The van der Waals surface area contributed by atoms with Gasteiger partial charge in [0.05, 0.1) is 52.9 Å². The number of amides is 1. The van der Waals surface area contributed by atoms with Crippen molar-refractivity contribution in [2.45, 2.75) is 27.2 Å². The Kier molecular flexibility index (Phi) is 15.2. The molecule has 7 heteroatoms. The zero-order valence-electron chi connectivity index (χ0n) is 14.6. The van der Waals surface area contributed by atoms with Gasteiger partial charge in [0, 0.05) is 18.9 Å². The van der Waals surface area contributed by atoms with Crippen LogP contribution in [0.4, 0.5) is 0 Å². The van der Waals surface area contributed by atoms with Crippen LogP contribution in [0, 0.1) is 5.92 Å². The third-order valence-corrected chi connectivity index (χ3v) is 2.78. The van der Waals surface area contributed by atoms with E-state index in [1.54, 1.807) is 6.92 Å². The fourth-order valence-corrected chi connectivity index (χ4v) is 1.43. The van der Waals surface area contributed by atoms with E-state index in [2.05, 4.69) is 5.32 Å². The van der Waals surface area contributed by atoms with Crippen molar-refractivity contribution in [1.29, 1.82) is 0 Å².